The van der Waals surface area contributed by atoms with Crippen LogP contribution in [0.1, 0.15) is 37.3 Å². The first-order chi connectivity index (χ1) is 14.5. The fourth-order valence-corrected chi connectivity index (χ4v) is 4.44. The van der Waals surface area contributed by atoms with Crippen LogP contribution in [-0.2, 0) is 11.8 Å². The van der Waals surface area contributed by atoms with Gasteiger partial charge in [-0.3, -0.25) is 9.13 Å². The molecule has 1 aliphatic carbocycles. The van der Waals surface area contributed by atoms with Gasteiger partial charge in [0.15, 0.2) is 11.3 Å². The van der Waals surface area contributed by atoms with Crippen LogP contribution in [0.5, 0.6) is 0 Å². The number of ether oxygens (including phenoxy) is 1. The van der Waals surface area contributed by atoms with E-state index in [1.54, 1.807) is 22.3 Å². The number of fused-ring (bicyclic) bond motifs is 2. The lowest BCUT2D eigenvalue weighted by Crippen LogP contribution is -2.34. The first-order valence-electron chi connectivity index (χ1n) is 10.2. The zero-order valence-corrected chi connectivity index (χ0v) is 16.9. The van der Waals surface area contributed by atoms with Crippen LogP contribution < -0.4 is 11.0 Å². The van der Waals surface area contributed by atoms with Crippen molar-refractivity contribution in [3.63, 3.8) is 0 Å². The maximum atomic E-state index is 13.0. The number of nitrogens with zero attached hydrogens (tertiary/aromatic N) is 7. The number of nitrogens with one attached hydrogen (secondary N) is 1. The molecule has 0 aromatic carbocycles. The SMILES string of the molecule is Cc1cc2ncnn2cc1Nc1ncc2c(n1)n(C1CCOC3(CC3)C1)c(=O)n2C. The van der Waals surface area contributed by atoms with Crippen LogP contribution in [0.2, 0.25) is 0 Å². The van der Waals surface area contributed by atoms with Gasteiger partial charge in [0.1, 0.15) is 11.8 Å². The van der Waals surface area contributed by atoms with Crippen LogP contribution >= 0.6 is 0 Å². The Morgan fingerprint density at radius 2 is 2.17 bits per heavy atom. The Balaban J connectivity index is 1.42. The van der Waals surface area contributed by atoms with Gasteiger partial charge in [-0.1, -0.05) is 0 Å². The predicted octanol–water partition coefficient (Wildman–Crippen LogP) is 2.11. The highest BCUT2D eigenvalue weighted by Crippen LogP contribution is 2.49. The largest absolute Gasteiger partial charge is 0.375 e. The van der Waals surface area contributed by atoms with Crippen LogP contribution in [0.15, 0.2) is 29.6 Å². The van der Waals surface area contributed by atoms with Gasteiger partial charge in [0.05, 0.1) is 23.7 Å². The van der Waals surface area contributed by atoms with E-state index in [1.807, 2.05) is 23.8 Å². The van der Waals surface area contributed by atoms with Gasteiger partial charge in [-0.2, -0.15) is 10.1 Å². The molecule has 1 saturated heterocycles. The van der Waals surface area contributed by atoms with E-state index >= 15 is 0 Å². The smallest absolute Gasteiger partial charge is 0.330 e. The average molecular weight is 406 g/mol. The number of aromatic nitrogens is 7. The molecule has 5 heterocycles. The molecular weight excluding hydrogens is 384 g/mol. The summed E-state index contributed by atoms with van der Waals surface area (Å²) in [5.74, 6) is 0.442. The monoisotopic (exact) mass is 406 g/mol. The normalized spacial score (nSPS) is 20.3. The van der Waals surface area contributed by atoms with E-state index in [1.165, 1.54) is 6.33 Å². The van der Waals surface area contributed by atoms with E-state index in [0.717, 1.165) is 48.1 Å². The first kappa shape index (κ1) is 17.6. The highest BCUT2D eigenvalue weighted by molar-refractivity contribution is 5.73. The molecule has 0 radical (unpaired) electrons. The minimum Gasteiger partial charge on any atom is -0.375 e. The second-order valence-electron chi connectivity index (χ2n) is 8.35. The van der Waals surface area contributed by atoms with Crippen molar-refractivity contribution in [2.45, 2.75) is 44.2 Å². The van der Waals surface area contributed by atoms with Gasteiger partial charge in [0, 0.05) is 19.7 Å². The molecule has 2 aliphatic rings. The summed E-state index contributed by atoms with van der Waals surface area (Å²) < 4.78 is 11.1. The molecule has 10 heteroatoms. The standard InChI is InChI=1S/C20H22N8O2/c1-12-7-16-22-11-23-27(16)10-14(12)24-18-21-9-15-17(25-18)28(19(29)26(15)2)13-3-6-30-20(8-13)4-5-20/h7,9-11,13H,3-6,8H2,1-2H3,(H,21,24,25). The second-order valence-corrected chi connectivity index (χ2v) is 8.35. The summed E-state index contributed by atoms with van der Waals surface area (Å²) in [6.07, 6.45) is 8.92. The topological polar surface area (TPSA) is 104 Å². The van der Waals surface area contributed by atoms with E-state index in [4.69, 9.17) is 9.72 Å². The van der Waals surface area contributed by atoms with Crippen molar-refractivity contribution in [1.82, 2.24) is 33.7 Å². The Labute approximate surface area is 171 Å². The number of imidazole rings is 1. The fourth-order valence-electron chi connectivity index (χ4n) is 4.44. The van der Waals surface area contributed by atoms with E-state index in [-0.39, 0.29) is 17.3 Å². The number of hydrogen-bond donors (Lipinski definition) is 1. The Morgan fingerprint density at radius 3 is 3.00 bits per heavy atom. The number of aryl methyl sites for hydroxylation is 2. The minimum atomic E-state index is -0.0561. The molecule has 4 aromatic heterocycles. The van der Waals surface area contributed by atoms with Gasteiger partial charge >= 0.3 is 5.69 Å². The van der Waals surface area contributed by atoms with Gasteiger partial charge in [-0.15, -0.1) is 0 Å². The molecular formula is C20H22N8O2. The third kappa shape index (κ3) is 2.63. The van der Waals surface area contributed by atoms with E-state index in [0.29, 0.717) is 18.2 Å². The second kappa shape index (κ2) is 6.11. The molecule has 1 atom stereocenters. The van der Waals surface area contributed by atoms with Crippen LogP contribution in [0, 0.1) is 6.92 Å². The first-order valence-corrected chi connectivity index (χ1v) is 10.2. The zero-order valence-electron chi connectivity index (χ0n) is 16.9. The Morgan fingerprint density at radius 1 is 1.30 bits per heavy atom. The quantitative estimate of drug-likeness (QED) is 0.556. The maximum absolute atomic E-state index is 13.0. The number of hydrogen-bond acceptors (Lipinski definition) is 7. The Hall–Kier alpha value is -3.27. The molecule has 1 aliphatic heterocycles. The van der Waals surface area contributed by atoms with Crippen molar-refractivity contribution in [1.29, 1.82) is 0 Å². The summed E-state index contributed by atoms with van der Waals surface area (Å²) in [7, 11) is 1.77. The molecule has 1 N–H and O–H groups in total. The van der Waals surface area contributed by atoms with Crippen LogP contribution in [-0.4, -0.2) is 45.9 Å². The summed E-state index contributed by atoms with van der Waals surface area (Å²) in [6, 6.07) is 2.04. The molecule has 30 heavy (non-hydrogen) atoms. The van der Waals surface area contributed by atoms with Gasteiger partial charge in [0.2, 0.25) is 5.95 Å². The highest BCUT2D eigenvalue weighted by atomic mass is 16.5. The van der Waals surface area contributed by atoms with Gasteiger partial charge in [-0.25, -0.2) is 19.3 Å². The third-order valence-corrected chi connectivity index (χ3v) is 6.34. The molecule has 2 fully saturated rings. The lowest BCUT2D eigenvalue weighted by Gasteiger charge is -2.30. The molecule has 154 valence electrons. The molecule has 0 amide bonds. The summed E-state index contributed by atoms with van der Waals surface area (Å²) >= 11 is 0. The van der Waals surface area contributed by atoms with Gasteiger partial charge in [-0.05, 0) is 44.2 Å². The highest BCUT2D eigenvalue weighted by Gasteiger charge is 2.48. The van der Waals surface area contributed by atoms with Crippen LogP contribution in [0.3, 0.4) is 0 Å². The van der Waals surface area contributed by atoms with Crippen molar-refractivity contribution in [3.05, 3.63) is 40.8 Å². The number of anilines is 2. The minimum absolute atomic E-state index is 0.0248. The van der Waals surface area contributed by atoms with Crippen molar-refractivity contribution < 1.29 is 4.74 Å². The van der Waals surface area contributed by atoms with E-state index < -0.39 is 0 Å². The van der Waals surface area contributed by atoms with Gasteiger partial charge < -0.3 is 10.1 Å². The number of rotatable bonds is 3. The van der Waals surface area contributed by atoms with Crippen LogP contribution in [0.25, 0.3) is 16.8 Å². The third-order valence-electron chi connectivity index (χ3n) is 6.34. The zero-order chi connectivity index (χ0) is 20.5. The van der Waals surface area contributed by atoms with Gasteiger partial charge in [0.25, 0.3) is 0 Å². The number of pyridine rings is 1. The van der Waals surface area contributed by atoms with E-state index in [2.05, 4.69) is 20.4 Å². The molecule has 1 unspecified atom stereocenters. The fraction of sp³-hybridized carbons (Fsp3) is 0.450. The Bertz CT molecular complexity index is 1350. The van der Waals surface area contributed by atoms with Crippen molar-refractivity contribution >= 4 is 28.4 Å². The summed E-state index contributed by atoms with van der Waals surface area (Å²) in [4.78, 5) is 26.4. The Kier molecular flexibility index (Phi) is 3.58. The van der Waals surface area contributed by atoms with Crippen LogP contribution in [0.4, 0.5) is 11.6 Å². The molecule has 4 aromatic rings. The summed E-state index contributed by atoms with van der Waals surface area (Å²) in [5, 5.41) is 7.46. The molecule has 1 saturated carbocycles. The lowest BCUT2D eigenvalue weighted by molar-refractivity contribution is -0.0247. The maximum Gasteiger partial charge on any atom is 0.330 e. The van der Waals surface area contributed by atoms with E-state index in [9.17, 15) is 4.79 Å². The molecule has 10 nitrogen and oxygen atoms in total. The lowest BCUT2D eigenvalue weighted by atomic mass is 10.0. The van der Waals surface area contributed by atoms with Crippen molar-refractivity contribution in [2.24, 2.45) is 7.05 Å². The molecule has 6 rings (SSSR count). The van der Waals surface area contributed by atoms with Crippen molar-refractivity contribution in [2.75, 3.05) is 11.9 Å². The summed E-state index contributed by atoms with van der Waals surface area (Å²) in [6.45, 7) is 2.67. The molecule has 0 bridgehead atoms. The molecule has 1 spiro atoms. The average Bonchev–Trinajstić information content (AvgIpc) is 3.22. The van der Waals surface area contributed by atoms with Crippen molar-refractivity contribution in [3.8, 4) is 0 Å². The summed E-state index contributed by atoms with van der Waals surface area (Å²) in [5.41, 5.74) is 3.92. The predicted molar refractivity (Wildman–Crippen MR) is 110 cm³/mol.